The predicted molar refractivity (Wildman–Crippen MR) is 103 cm³/mol. The van der Waals surface area contributed by atoms with Gasteiger partial charge >= 0.3 is 0 Å². The number of ether oxygens (including phenoxy) is 1. The van der Waals surface area contributed by atoms with Crippen molar-refractivity contribution in [1.29, 1.82) is 0 Å². The SMILES string of the molecule is CC(N)CNC(=O)COc1cccc2c1C(=O)N(C1CCC(=O)NC1=O)C2=O.Cl. The maximum atomic E-state index is 12.9. The molecule has 29 heavy (non-hydrogen) atoms. The summed E-state index contributed by atoms with van der Waals surface area (Å²) in [5.41, 5.74) is 5.65. The molecule has 2 atom stereocenters. The zero-order valence-corrected chi connectivity index (χ0v) is 16.4. The molecule has 5 amide bonds. The number of piperidine rings is 1. The number of nitrogens with one attached hydrogen (secondary N) is 2. The summed E-state index contributed by atoms with van der Waals surface area (Å²) in [7, 11) is 0. The lowest BCUT2D eigenvalue weighted by molar-refractivity contribution is -0.136. The number of nitrogens with two attached hydrogens (primary N) is 1. The number of rotatable bonds is 6. The standard InChI is InChI=1S/C18H20N4O6.ClH/c1-9(19)7-20-14(24)8-28-12-4-2-3-10-15(12)18(27)22(17(10)26)11-5-6-13(23)21-16(11)25;/h2-4,9,11H,5-8,19H2,1H3,(H,20,24)(H,21,23,25);1H. The highest BCUT2D eigenvalue weighted by molar-refractivity contribution is 6.24. The number of carbonyl (C=O) groups excluding carboxylic acids is 5. The molecule has 4 N–H and O–H groups in total. The van der Waals surface area contributed by atoms with Gasteiger partial charge in [-0.15, -0.1) is 12.4 Å². The molecular weight excluding hydrogens is 404 g/mol. The molecule has 1 saturated heterocycles. The van der Waals surface area contributed by atoms with Crippen LogP contribution in [0.1, 0.15) is 40.5 Å². The minimum Gasteiger partial charge on any atom is -0.483 e. The Hall–Kier alpha value is -2.98. The Kier molecular flexibility index (Phi) is 6.93. The number of benzene rings is 1. The molecule has 0 aliphatic carbocycles. The summed E-state index contributed by atoms with van der Waals surface area (Å²) in [5, 5.41) is 4.71. The van der Waals surface area contributed by atoms with Crippen LogP contribution in [0.5, 0.6) is 5.75 Å². The molecule has 2 heterocycles. The van der Waals surface area contributed by atoms with E-state index in [-0.39, 0.29) is 61.3 Å². The first-order valence-electron chi connectivity index (χ1n) is 8.79. The molecule has 0 saturated carbocycles. The second-order valence-corrected chi connectivity index (χ2v) is 6.70. The zero-order chi connectivity index (χ0) is 20.4. The third-order valence-corrected chi connectivity index (χ3v) is 4.41. The van der Waals surface area contributed by atoms with Crippen LogP contribution >= 0.6 is 12.4 Å². The van der Waals surface area contributed by atoms with Crippen LogP contribution in [-0.2, 0) is 14.4 Å². The molecule has 2 aliphatic rings. The number of amides is 5. The maximum absolute atomic E-state index is 12.9. The molecule has 2 unspecified atom stereocenters. The van der Waals surface area contributed by atoms with Gasteiger partial charge in [-0.1, -0.05) is 6.07 Å². The number of halogens is 1. The van der Waals surface area contributed by atoms with Gasteiger partial charge in [0.2, 0.25) is 11.8 Å². The largest absolute Gasteiger partial charge is 0.483 e. The van der Waals surface area contributed by atoms with Crippen LogP contribution < -0.4 is 21.1 Å². The molecule has 0 spiro atoms. The van der Waals surface area contributed by atoms with Crippen LogP contribution in [0.3, 0.4) is 0 Å². The van der Waals surface area contributed by atoms with E-state index in [1.807, 2.05) is 0 Å². The van der Waals surface area contributed by atoms with E-state index in [9.17, 15) is 24.0 Å². The number of hydrogen-bond acceptors (Lipinski definition) is 7. The van der Waals surface area contributed by atoms with Gasteiger partial charge in [0, 0.05) is 19.0 Å². The Morgan fingerprint density at radius 2 is 2.03 bits per heavy atom. The number of nitrogens with zero attached hydrogens (tertiary/aromatic N) is 1. The van der Waals surface area contributed by atoms with Gasteiger partial charge in [-0.2, -0.15) is 0 Å². The van der Waals surface area contributed by atoms with Crippen molar-refractivity contribution in [3.63, 3.8) is 0 Å². The highest BCUT2D eigenvalue weighted by atomic mass is 35.5. The fourth-order valence-corrected chi connectivity index (χ4v) is 3.07. The van der Waals surface area contributed by atoms with Crippen molar-refractivity contribution in [2.45, 2.75) is 31.8 Å². The Labute approximate surface area is 172 Å². The Morgan fingerprint density at radius 1 is 1.31 bits per heavy atom. The van der Waals surface area contributed by atoms with Crippen LogP contribution in [0, 0.1) is 0 Å². The van der Waals surface area contributed by atoms with Crippen LogP contribution in [0.2, 0.25) is 0 Å². The van der Waals surface area contributed by atoms with E-state index >= 15 is 0 Å². The van der Waals surface area contributed by atoms with Gasteiger partial charge in [0.15, 0.2) is 6.61 Å². The molecule has 0 bridgehead atoms. The predicted octanol–water partition coefficient (Wildman–Crippen LogP) is -0.648. The van der Waals surface area contributed by atoms with E-state index in [0.29, 0.717) is 0 Å². The first-order chi connectivity index (χ1) is 13.3. The van der Waals surface area contributed by atoms with Crippen molar-refractivity contribution in [3.8, 4) is 5.75 Å². The van der Waals surface area contributed by atoms with E-state index in [1.54, 1.807) is 6.92 Å². The lowest BCUT2D eigenvalue weighted by atomic mass is 10.0. The van der Waals surface area contributed by atoms with Crippen LogP contribution in [0.15, 0.2) is 18.2 Å². The Bertz CT molecular complexity index is 872. The molecule has 0 radical (unpaired) electrons. The summed E-state index contributed by atoms with van der Waals surface area (Å²) in [4.78, 5) is 61.6. The summed E-state index contributed by atoms with van der Waals surface area (Å²) in [5.74, 6) is -2.82. The van der Waals surface area contributed by atoms with E-state index in [1.165, 1.54) is 18.2 Å². The van der Waals surface area contributed by atoms with Crippen LogP contribution in [0.4, 0.5) is 0 Å². The molecule has 11 heteroatoms. The molecule has 3 rings (SSSR count). The van der Waals surface area contributed by atoms with Gasteiger partial charge in [0.05, 0.1) is 11.1 Å². The van der Waals surface area contributed by atoms with Crippen molar-refractivity contribution in [2.75, 3.05) is 13.2 Å². The van der Waals surface area contributed by atoms with Crippen LogP contribution in [0.25, 0.3) is 0 Å². The van der Waals surface area contributed by atoms with Gasteiger partial charge in [0.25, 0.3) is 17.7 Å². The van der Waals surface area contributed by atoms with Gasteiger partial charge in [-0.05, 0) is 25.5 Å². The monoisotopic (exact) mass is 424 g/mol. The third-order valence-electron chi connectivity index (χ3n) is 4.41. The smallest absolute Gasteiger partial charge is 0.266 e. The molecule has 10 nitrogen and oxygen atoms in total. The zero-order valence-electron chi connectivity index (χ0n) is 15.6. The first-order valence-corrected chi connectivity index (χ1v) is 8.79. The lowest BCUT2D eigenvalue weighted by Gasteiger charge is -2.27. The van der Waals surface area contributed by atoms with E-state index < -0.39 is 35.6 Å². The molecule has 2 aliphatic heterocycles. The topological polar surface area (TPSA) is 148 Å². The van der Waals surface area contributed by atoms with Gasteiger partial charge in [-0.3, -0.25) is 34.2 Å². The fourth-order valence-electron chi connectivity index (χ4n) is 3.07. The normalized spacial score (nSPS) is 19.2. The van der Waals surface area contributed by atoms with Crippen molar-refractivity contribution < 1.29 is 28.7 Å². The second kappa shape index (κ2) is 9.01. The molecule has 1 aromatic carbocycles. The minimum atomic E-state index is -1.06. The summed E-state index contributed by atoms with van der Waals surface area (Å²) in [6.07, 6.45) is 0.0961. The number of fused-ring (bicyclic) bond motifs is 1. The highest BCUT2D eigenvalue weighted by Crippen LogP contribution is 2.33. The molecule has 156 valence electrons. The fraction of sp³-hybridized carbons (Fsp3) is 0.389. The Morgan fingerprint density at radius 3 is 2.69 bits per heavy atom. The van der Waals surface area contributed by atoms with Gasteiger partial charge in [-0.25, -0.2) is 0 Å². The average molecular weight is 425 g/mol. The summed E-state index contributed by atoms with van der Waals surface area (Å²) >= 11 is 0. The van der Waals surface area contributed by atoms with Crippen molar-refractivity contribution >= 4 is 41.9 Å². The number of hydrogen-bond donors (Lipinski definition) is 3. The third kappa shape index (κ3) is 4.54. The molecular formula is C18H21ClN4O6. The summed E-state index contributed by atoms with van der Waals surface area (Å²) in [6, 6.07) is 3.16. The molecule has 1 aromatic rings. The first kappa shape index (κ1) is 22.3. The highest BCUT2D eigenvalue weighted by Gasteiger charge is 2.46. The number of imide groups is 2. The minimum absolute atomic E-state index is 0. The quantitative estimate of drug-likeness (QED) is 0.514. The van der Waals surface area contributed by atoms with E-state index in [0.717, 1.165) is 4.90 Å². The van der Waals surface area contributed by atoms with Gasteiger partial charge in [0.1, 0.15) is 11.8 Å². The van der Waals surface area contributed by atoms with Crippen molar-refractivity contribution in [3.05, 3.63) is 29.3 Å². The lowest BCUT2D eigenvalue weighted by Crippen LogP contribution is -2.54. The van der Waals surface area contributed by atoms with E-state index in [2.05, 4.69) is 10.6 Å². The van der Waals surface area contributed by atoms with Crippen molar-refractivity contribution in [2.24, 2.45) is 5.73 Å². The second-order valence-electron chi connectivity index (χ2n) is 6.70. The Balaban J connectivity index is 0.00000300. The number of carbonyl (C=O) groups is 5. The van der Waals surface area contributed by atoms with Gasteiger partial charge < -0.3 is 15.8 Å². The summed E-state index contributed by atoms with van der Waals surface area (Å²) in [6.45, 7) is 1.65. The maximum Gasteiger partial charge on any atom is 0.266 e. The van der Waals surface area contributed by atoms with Crippen molar-refractivity contribution in [1.82, 2.24) is 15.5 Å². The van der Waals surface area contributed by atoms with E-state index in [4.69, 9.17) is 10.5 Å². The average Bonchev–Trinajstić information content (AvgIpc) is 2.90. The summed E-state index contributed by atoms with van der Waals surface area (Å²) < 4.78 is 5.43. The molecule has 0 aromatic heterocycles. The van der Waals surface area contributed by atoms with Crippen LogP contribution in [-0.4, -0.2) is 59.7 Å². The molecule has 1 fully saturated rings.